The standard InChI is InChI=1S/C25H32FN5/c1-27-25(28-12-9-21-17-29-24-15-22(26)7-8-23(21)24)30-16-20-11-14-31(18-20)13-10-19-5-3-2-4-6-19/h2-8,15,17,20,29H,9-14,16,18H2,1H3,(H2,27,28,30). The van der Waals surface area contributed by atoms with E-state index in [9.17, 15) is 4.39 Å². The molecule has 0 amide bonds. The molecule has 1 unspecified atom stereocenters. The normalized spacial score (nSPS) is 17.4. The number of fused-ring (bicyclic) bond motifs is 1. The van der Waals surface area contributed by atoms with E-state index < -0.39 is 0 Å². The van der Waals surface area contributed by atoms with Crippen molar-refractivity contribution in [1.82, 2.24) is 20.5 Å². The maximum Gasteiger partial charge on any atom is 0.190 e. The van der Waals surface area contributed by atoms with Gasteiger partial charge in [-0.1, -0.05) is 30.3 Å². The Labute approximate surface area is 183 Å². The third kappa shape index (κ3) is 5.85. The maximum absolute atomic E-state index is 13.3. The molecule has 6 heteroatoms. The van der Waals surface area contributed by atoms with Crippen LogP contribution in [0.5, 0.6) is 0 Å². The molecule has 4 rings (SSSR count). The third-order valence-electron chi connectivity index (χ3n) is 6.13. The van der Waals surface area contributed by atoms with Crippen molar-refractivity contribution in [2.24, 2.45) is 10.9 Å². The predicted molar refractivity (Wildman–Crippen MR) is 126 cm³/mol. The van der Waals surface area contributed by atoms with E-state index in [1.807, 2.05) is 19.3 Å². The molecule has 1 aromatic heterocycles. The third-order valence-corrected chi connectivity index (χ3v) is 6.13. The number of aromatic amines is 1. The minimum atomic E-state index is -0.214. The second-order valence-electron chi connectivity index (χ2n) is 8.32. The summed E-state index contributed by atoms with van der Waals surface area (Å²) in [6.07, 6.45) is 5.16. The molecule has 1 fully saturated rings. The van der Waals surface area contributed by atoms with Gasteiger partial charge < -0.3 is 20.5 Å². The number of aromatic nitrogens is 1. The Morgan fingerprint density at radius 2 is 2.03 bits per heavy atom. The zero-order chi connectivity index (χ0) is 21.5. The molecule has 1 saturated heterocycles. The van der Waals surface area contributed by atoms with Gasteiger partial charge in [0.15, 0.2) is 5.96 Å². The molecule has 0 spiro atoms. The highest BCUT2D eigenvalue weighted by atomic mass is 19.1. The summed E-state index contributed by atoms with van der Waals surface area (Å²) in [5.41, 5.74) is 3.44. The molecular weight excluding hydrogens is 389 g/mol. The first-order chi connectivity index (χ1) is 15.2. The van der Waals surface area contributed by atoms with Crippen molar-refractivity contribution in [3.8, 4) is 0 Å². The Kier molecular flexibility index (Phi) is 7.20. The van der Waals surface area contributed by atoms with Crippen molar-refractivity contribution >= 4 is 16.9 Å². The molecule has 0 saturated carbocycles. The molecule has 3 aromatic rings. The van der Waals surface area contributed by atoms with Crippen LogP contribution >= 0.6 is 0 Å². The zero-order valence-electron chi connectivity index (χ0n) is 18.2. The first-order valence-electron chi connectivity index (χ1n) is 11.2. The monoisotopic (exact) mass is 421 g/mol. The van der Waals surface area contributed by atoms with Gasteiger partial charge >= 0.3 is 0 Å². The number of hydrogen-bond donors (Lipinski definition) is 3. The van der Waals surface area contributed by atoms with E-state index in [1.54, 1.807) is 0 Å². The quantitative estimate of drug-likeness (QED) is 0.385. The van der Waals surface area contributed by atoms with Crippen LogP contribution in [0.15, 0.2) is 59.7 Å². The summed E-state index contributed by atoms with van der Waals surface area (Å²) in [5.74, 6) is 1.28. The van der Waals surface area contributed by atoms with Gasteiger partial charge in [-0.05, 0) is 61.1 Å². The lowest BCUT2D eigenvalue weighted by Crippen LogP contribution is -2.41. The van der Waals surface area contributed by atoms with E-state index >= 15 is 0 Å². The molecule has 2 aromatic carbocycles. The lowest BCUT2D eigenvalue weighted by molar-refractivity contribution is 0.328. The number of guanidine groups is 1. The Balaban J connectivity index is 1.17. The van der Waals surface area contributed by atoms with Crippen molar-refractivity contribution in [2.45, 2.75) is 19.3 Å². The van der Waals surface area contributed by atoms with Crippen molar-refractivity contribution in [3.63, 3.8) is 0 Å². The van der Waals surface area contributed by atoms with Crippen molar-refractivity contribution in [1.29, 1.82) is 0 Å². The Bertz CT molecular complexity index is 998. The molecule has 0 radical (unpaired) electrons. The fraction of sp³-hybridized carbons (Fsp3) is 0.400. The smallest absolute Gasteiger partial charge is 0.190 e. The van der Waals surface area contributed by atoms with Gasteiger partial charge in [0.05, 0.1) is 0 Å². The minimum Gasteiger partial charge on any atom is -0.361 e. The summed E-state index contributed by atoms with van der Waals surface area (Å²) in [5, 5.41) is 7.96. The maximum atomic E-state index is 13.3. The molecule has 2 heterocycles. The molecule has 164 valence electrons. The van der Waals surface area contributed by atoms with Gasteiger partial charge in [-0.15, -0.1) is 0 Å². The first kappa shape index (κ1) is 21.4. The number of nitrogens with one attached hydrogen (secondary N) is 3. The van der Waals surface area contributed by atoms with Crippen molar-refractivity contribution in [3.05, 3.63) is 71.7 Å². The van der Waals surface area contributed by atoms with E-state index in [2.05, 4.69) is 55.8 Å². The molecule has 5 nitrogen and oxygen atoms in total. The van der Waals surface area contributed by atoms with Gasteiger partial charge in [0, 0.05) is 50.3 Å². The predicted octanol–water partition coefficient (Wildman–Crippen LogP) is 3.58. The Morgan fingerprint density at radius 3 is 2.87 bits per heavy atom. The van der Waals surface area contributed by atoms with E-state index in [0.29, 0.717) is 5.92 Å². The molecule has 1 aliphatic heterocycles. The van der Waals surface area contributed by atoms with E-state index in [4.69, 9.17) is 0 Å². The average molecular weight is 422 g/mol. The van der Waals surface area contributed by atoms with Crippen LogP contribution < -0.4 is 10.6 Å². The number of hydrogen-bond acceptors (Lipinski definition) is 2. The largest absolute Gasteiger partial charge is 0.361 e. The highest BCUT2D eigenvalue weighted by Gasteiger charge is 2.22. The second-order valence-corrected chi connectivity index (χ2v) is 8.32. The summed E-state index contributed by atoms with van der Waals surface area (Å²) in [6.45, 7) is 5.16. The Morgan fingerprint density at radius 1 is 1.16 bits per heavy atom. The molecule has 31 heavy (non-hydrogen) atoms. The average Bonchev–Trinajstić information content (AvgIpc) is 3.42. The first-order valence-corrected chi connectivity index (χ1v) is 11.2. The second kappa shape index (κ2) is 10.4. The molecule has 3 N–H and O–H groups in total. The zero-order valence-corrected chi connectivity index (χ0v) is 18.2. The van der Waals surface area contributed by atoms with Gasteiger partial charge in [0.1, 0.15) is 5.82 Å². The number of likely N-dealkylation sites (tertiary alicyclic amines) is 1. The fourth-order valence-electron chi connectivity index (χ4n) is 4.36. The van der Waals surface area contributed by atoms with Crippen LogP contribution in [0.25, 0.3) is 10.9 Å². The van der Waals surface area contributed by atoms with Crippen LogP contribution in [-0.4, -0.2) is 55.6 Å². The van der Waals surface area contributed by atoms with Gasteiger partial charge in [-0.2, -0.15) is 0 Å². The van der Waals surface area contributed by atoms with Gasteiger partial charge in [0.2, 0.25) is 0 Å². The Hall–Kier alpha value is -2.86. The number of nitrogens with zero attached hydrogens (tertiary/aromatic N) is 2. The topological polar surface area (TPSA) is 55.5 Å². The van der Waals surface area contributed by atoms with Crippen LogP contribution in [0, 0.1) is 11.7 Å². The van der Waals surface area contributed by atoms with E-state index in [0.717, 1.165) is 55.9 Å². The number of benzene rings is 2. The summed E-state index contributed by atoms with van der Waals surface area (Å²) in [7, 11) is 1.81. The molecule has 0 aliphatic carbocycles. The summed E-state index contributed by atoms with van der Waals surface area (Å²) >= 11 is 0. The number of rotatable bonds is 8. The number of halogens is 1. The molecule has 1 atom stereocenters. The SMILES string of the molecule is CN=C(NCCc1c[nH]c2cc(F)ccc12)NCC1CCN(CCc2ccccc2)C1. The highest BCUT2D eigenvalue weighted by molar-refractivity contribution is 5.83. The molecular formula is C25H32FN5. The lowest BCUT2D eigenvalue weighted by atomic mass is 10.1. The number of aliphatic imine (C=N–C) groups is 1. The van der Waals surface area contributed by atoms with Gasteiger partial charge in [-0.3, -0.25) is 4.99 Å². The summed E-state index contributed by atoms with van der Waals surface area (Å²) < 4.78 is 13.3. The summed E-state index contributed by atoms with van der Waals surface area (Å²) in [4.78, 5) is 10.1. The van der Waals surface area contributed by atoms with E-state index in [-0.39, 0.29) is 5.82 Å². The minimum absolute atomic E-state index is 0.214. The van der Waals surface area contributed by atoms with Crippen LogP contribution in [-0.2, 0) is 12.8 Å². The summed E-state index contributed by atoms with van der Waals surface area (Å²) in [6, 6.07) is 15.6. The highest BCUT2D eigenvalue weighted by Crippen LogP contribution is 2.19. The van der Waals surface area contributed by atoms with Crippen LogP contribution in [0.2, 0.25) is 0 Å². The van der Waals surface area contributed by atoms with Crippen molar-refractivity contribution < 1.29 is 4.39 Å². The van der Waals surface area contributed by atoms with Crippen LogP contribution in [0.4, 0.5) is 4.39 Å². The van der Waals surface area contributed by atoms with E-state index in [1.165, 1.54) is 36.2 Å². The number of H-pyrrole nitrogens is 1. The van der Waals surface area contributed by atoms with Crippen LogP contribution in [0.1, 0.15) is 17.5 Å². The van der Waals surface area contributed by atoms with Gasteiger partial charge in [-0.25, -0.2) is 4.39 Å². The molecule has 1 aliphatic rings. The van der Waals surface area contributed by atoms with Gasteiger partial charge in [0.25, 0.3) is 0 Å². The fourth-order valence-corrected chi connectivity index (χ4v) is 4.36. The lowest BCUT2D eigenvalue weighted by Gasteiger charge is -2.17. The van der Waals surface area contributed by atoms with Crippen molar-refractivity contribution in [2.75, 3.05) is 39.8 Å². The molecule has 0 bridgehead atoms. The van der Waals surface area contributed by atoms with Crippen LogP contribution in [0.3, 0.4) is 0 Å².